The SMILES string of the molecule is Cc1cc(N)cnc1Oc1ccc(C#N)cc1. The van der Waals surface area contributed by atoms with Crippen LogP contribution in [0.4, 0.5) is 5.69 Å². The Morgan fingerprint density at radius 3 is 2.59 bits per heavy atom. The molecule has 0 saturated carbocycles. The summed E-state index contributed by atoms with van der Waals surface area (Å²) in [6.07, 6.45) is 1.55. The minimum atomic E-state index is 0.518. The number of anilines is 1. The van der Waals surface area contributed by atoms with Crippen LogP contribution in [0, 0.1) is 18.3 Å². The van der Waals surface area contributed by atoms with Crippen LogP contribution in [0.15, 0.2) is 36.5 Å². The number of ether oxygens (including phenoxy) is 1. The quantitative estimate of drug-likeness (QED) is 0.852. The molecular formula is C13H11N3O. The van der Waals surface area contributed by atoms with E-state index in [4.69, 9.17) is 15.7 Å². The maximum absolute atomic E-state index is 8.68. The van der Waals surface area contributed by atoms with Crippen molar-refractivity contribution >= 4 is 5.69 Å². The molecule has 0 unspecified atom stereocenters. The monoisotopic (exact) mass is 225 g/mol. The Hall–Kier alpha value is -2.54. The number of hydrogen-bond donors (Lipinski definition) is 1. The number of nitrogens with two attached hydrogens (primary N) is 1. The fourth-order valence-electron chi connectivity index (χ4n) is 1.40. The largest absolute Gasteiger partial charge is 0.439 e. The highest BCUT2D eigenvalue weighted by atomic mass is 16.5. The lowest BCUT2D eigenvalue weighted by Gasteiger charge is -2.07. The fourth-order valence-corrected chi connectivity index (χ4v) is 1.40. The molecule has 0 aliphatic rings. The molecular weight excluding hydrogens is 214 g/mol. The van der Waals surface area contributed by atoms with Crippen molar-refractivity contribution in [2.45, 2.75) is 6.92 Å². The molecule has 0 atom stereocenters. The molecule has 2 rings (SSSR count). The second-order valence-corrected chi connectivity index (χ2v) is 3.63. The normalized spacial score (nSPS) is 9.65. The fraction of sp³-hybridized carbons (Fsp3) is 0.0769. The van der Waals surface area contributed by atoms with E-state index in [9.17, 15) is 0 Å². The molecule has 4 nitrogen and oxygen atoms in total. The first-order valence-electron chi connectivity index (χ1n) is 5.09. The van der Waals surface area contributed by atoms with Crippen molar-refractivity contribution in [3.8, 4) is 17.7 Å². The maximum Gasteiger partial charge on any atom is 0.222 e. The van der Waals surface area contributed by atoms with E-state index in [1.54, 1.807) is 36.5 Å². The molecule has 2 N–H and O–H groups in total. The zero-order chi connectivity index (χ0) is 12.3. The Kier molecular flexibility index (Phi) is 2.93. The minimum absolute atomic E-state index is 0.518. The molecule has 0 radical (unpaired) electrons. The topological polar surface area (TPSA) is 71.9 Å². The molecule has 1 aromatic heterocycles. The van der Waals surface area contributed by atoms with Crippen LogP contribution in [0.25, 0.3) is 0 Å². The highest BCUT2D eigenvalue weighted by Crippen LogP contribution is 2.23. The first kappa shape index (κ1) is 11.0. The van der Waals surface area contributed by atoms with Gasteiger partial charge in [-0.3, -0.25) is 0 Å². The van der Waals surface area contributed by atoms with Crippen molar-refractivity contribution in [3.63, 3.8) is 0 Å². The summed E-state index contributed by atoms with van der Waals surface area (Å²) in [4.78, 5) is 4.10. The number of aromatic nitrogens is 1. The molecule has 0 bridgehead atoms. The van der Waals surface area contributed by atoms with Gasteiger partial charge in [0.2, 0.25) is 5.88 Å². The van der Waals surface area contributed by atoms with Gasteiger partial charge in [-0.1, -0.05) is 0 Å². The Morgan fingerprint density at radius 1 is 1.29 bits per heavy atom. The smallest absolute Gasteiger partial charge is 0.222 e. The summed E-state index contributed by atoms with van der Waals surface area (Å²) in [7, 11) is 0. The van der Waals surface area contributed by atoms with Crippen molar-refractivity contribution in [3.05, 3.63) is 47.7 Å². The summed E-state index contributed by atoms with van der Waals surface area (Å²) >= 11 is 0. The molecule has 17 heavy (non-hydrogen) atoms. The summed E-state index contributed by atoms with van der Waals surface area (Å²) in [5.41, 5.74) is 7.68. The van der Waals surface area contributed by atoms with E-state index in [1.807, 2.05) is 13.0 Å². The van der Waals surface area contributed by atoms with Gasteiger partial charge in [0.25, 0.3) is 0 Å². The zero-order valence-electron chi connectivity index (χ0n) is 9.34. The predicted octanol–water partition coefficient (Wildman–Crippen LogP) is 2.64. The molecule has 0 fully saturated rings. The second-order valence-electron chi connectivity index (χ2n) is 3.63. The Labute approximate surface area is 99.3 Å². The van der Waals surface area contributed by atoms with Gasteiger partial charge in [-0.25, -0.2) is 4.98 Å². The van der Waals surface area contributed by atoms with Gasteiger partial charge in [0.05, 0.1) is 23.5 Å². The van der Waals surface area contributed by atoms with Crippen molar-refractivity contribution in [1.82, 2.24) is 4.98 Å². The van der Waals surface area contributed by atoms with E-state index in [0.717, 1.165) is 5.56 Å². The first-order valence-corrected chi connectivity index (χ1v) is 5.09. The minimum Gasteiger partial charge on any atom is -0.439 e. The molecule has 0 saturated heterocycles. The van der Waals surface area contributed by atoms with E-state index in [0.29, 0.717) is 22.9 Å². The lowest BCUT2D eigenvalue weighted by molar-refractivity contribution is 0.459. The van der Waals surface area contributed by atoms with E-state index < -0.39 is 0 Å². The molecule has 0 aliphatic heterocycles. The second kappa shape index (κ2) is 4.54. The third kappa shape index (κ3) is 2.52. The van der Waals surface area contributed by atoms with E-state index in [-0.39, 0.29) is 0 Å². The third-order valence-electron chi connectivity index (χ3n) is 2.25. The summed E-state index contributed by atoms with van der Waals surface area (Å²) in [5.74, 6) is 1.16. The maximum atomic E-state index is 8.68. The van der Waals surface area contributed by atoms with Gasteiger partial charge in [-0.2, -0.15) is 5.26 Å². The lowest BCUT2D eigenvalue weighted by atomic mass is 10.2. The number of benzene rings is 1. The number of hydrogen-bond acceptors (Lipinski definition) is 4. The van der Waals surface area contributed by atoms with Crippen LogP contribution in [0.3, 0.4) is 0 Å². The average Bonchev–Trinajstić information content (AvgIpc) is 2.34. The average molecular weight is 225 g/mol. The Balaban J connectivity index is 2.23. The van der Waals surface area contributed by atoms with Gasteiger partial charge >= 0.3 is 0 Å². The van der Waals surface area contributed by atoms with Crippen LogP contribution < -0.4 is 10.5 Å². The summed E-state index contributed by atoms with van der Waals surface area (Å²) in [5, 5.41) is 8.68. The van der Waals surface area contributed by atoms with Crippen LogP contribution >= 0.6 is 0 Å². The first-order chi connectivity index (χ1) is 8.19. The Bertz CT molecular complexity index is 570. The number of nitriles is 1. The molecule has 4 heteroatoms. The zero-order valence-corrected chi connectivity index (χ0v) is 9.34. The van der Waals surface area contributed by atoms with Crippen molar-refractivity contribution in [2.24, 2.45) is 0 Å². The van der Waals surface area contributed by atoms with Gasteiger partial charge in [0.1, 0.15) is 5.75 Å². The predicted molar refractivity (Wildman–Crippen MR) is 64.6 cm³/mol. The van der Waals surface area contributed by atoms with Gasteiger partial charge in [-0.15, -0.1) is 0 Å². The molecule has 0 spiro atoms. The van der Waals surface area contributed by atoms with Crippen LogP contribution in [0.1, 0.15) is 11.1 Å². The number of nitrogens with zero attached hydrogens (tertiary/aromatic N) is 2. The van der Waals surface area contributed by atoms with E-state index in [1.165, 1.54) is 0 Å². The van der Waals surface area contributed by atoms with E-state index in [2.05, 4.69) is 4.98 Å². The molecule has 0 amide bonds. The highest BCUT2D eigenvalue weighted by molar-refractivity contribution is 5.43. The van der Waals surface area contributed by atoms with Crippen LogP contribution in [-0.4, -0.2) is 4.98 Å². The van der Waals surface area contributed by atoms with Crippen LogP contribution in [0.2, 0.25) is 0 Å². The number of nitrogen functional groups attached to an aromatic ring is 1. The van der Waals surface area contributed by atoms with Crippen LogP contribution in [0.5, 0.6) is 11.6 Å². The van der Waals surface area contributed by atoms with Crippen molar-refractivity contribution in [2.75, 3.05) is 5.73 Å². The van der Waals surface area contributed by atoms with E-state index >= 15 is 0 Å². The van der Waals surface area contributed by atoms with Crippen LogP contribution in [-0.2, 0) is 0 Å². The number of pyridine rings is 1. The molecule has 84 valence electrons. The van der Waals surface area contributed by atoms with Gasteiger partial charge in [0.15, 0.2) is 0 Å². The molecule has 0 aliphatic carbocycles. The third-order valence-corrected chi connectivity index (χ3v) is 2.25. The summed E-state index contributed by atoms with van der Waals surface area (Å²) in [6.45, 7) is 1.88. The van der Waals surface area contributed by atoms with Gasteiger partial charge in [-0.05, 0) is 37.3 Å². The molecule has 1 aromatic carbocycles. The summed E-state index contributed by atoms with van der Waals surface area (Å²) in [6, 6.07) is 10.7. The molecule has 1 heterocycles. The molecule has 2 aromatic rings. The number of rotatable bonds is 2. The van der Waals surface area contributed by atoms with Gasteiger partial charge in [0, 0.05) is 5.56 Å². The van der Waals surface area contributed by atoms with Crippen molar-refractivity contribution in [1.29, 1.82) is 5.26 Å². The standard InChI is InChI=1S/C13H11N3O/c1-9-6-11(15)8-16-13(9)17-12-4-2-10(7-14)3-5-12/h2-6,8H,15H2,1H3. The summed E-state index contributed by atoms with van der Waals surface area (Å²) < 4.78 is 5.59. The number of aryl methyl sites for hydroxylation is 1. The Morgan fingerprint density at radius 2 is 2.00 bits per heavy atom. The van der Waals surface area contributed by atoms with Crippen molar-refractivity contribution < 1.29 is 4.74 Å². The van der Waals surface area contributed by atoms with Gasteiger partial charge < -0.3 is 10.5 Å². The highest BCUT2D eigenvalue weighted by Gasteiger charge is 2.03. The lowest BCUT2D eigenvalue weighted by Crippen LogP contribution is -1.94.